The van der Waals surface area contributed by atoms with Crippen LogP contribution in [0.15, 0.2) is 17.7 Å². The van der Waals surface area contributed by atoms with Crippen LogP contribution in [-0.4, -0.2) is 17.6 Å². The van der Waals surface area contributed by atoms with Gasteiger partial charge in [-0.1, -0.05) is 0 Å². The van der Waals surface area contributed by atoms with Crippen LogP contribution in [-0.2, 0) is 0 Å². The van der Waals surface area contributed by atoms with Crippen molar-refractivity contribution in [3.63, 3.8) is 0 Å². The zero-order valence-electron chi connectivity index (χ0n) is 6.20. The van der Waals surface area contributed by atoms with Crippen molar-refractivity contribution in [2.24, 2.45) is 0 Å². The molecule has 2 heterocycles. The van der Waals surface area contributed by atoms with E-state index in [0.717, 1.165) is 10.7 Å². The second kappa shape index (κ2) is 2.94. The van der Waals surface area contributed by atoms with Crippen LogP contribution in [0.25, 0.3) is 5.70 Å². The normalized spacial score (nSPS) is 16.3. The molecule has 62 valence electrons. The van der Waals surface area contributed by atoms with Crippen molar-refractivity contribution in [2.45, 2.75) is 0 Å². The van der Waals surface area contributed by atoms with E-state index in [2.05, 4.69) is 15.6 Å². The first kappa shape index (κ1) is 7.30. The van der Waals surface area contributed by atoms with Crippen molar-refractivity contribution in [2.75, 3.05) is 6.54 Å². The number of hydrogen-bond acceptors (Lipinski definition) is 3. The quantitative estimate of drug-likeness (QED) is 0.673. The lowest BCUT2D eigenvalue weighted by Crippen LogP contribution is -2.38. The Hall–Kier alpha value is -1.36. The molecule has 0 aromatic carbocycles. The number of amides is 2. The van der Waals surface area contributed by atoms with Gasteiger partial charge in [0.05, 0.1) is 5.70 Å². The van der Waals surface area contributed by atoms with E-state index in [9.17, 15) is 4.79 Å². The van der Waals surface area contributed by atoms with Crippen LogP contribution in [0.5, 0.6) is 0 Å². The zero-order chi connectivity index (χ0) is 8.39. The molecule has 0 fully saturated rings. The fourth-order valence-corrected chi connectivity index (χ4v) is 1.59. The minimum absolute atomic E-state index is 0.164. The van der Waals surface area contributed by atoms with Crippen LogP contribution in [0.4, 0.5) is 4.79 Å². The molecule has 0 radical (unpaired) electrons. The second-order valence-electron chi connectivity index (χ2n) is 2.29. The molecule has 2 amide bonds. The van der Waals surface area contributed by atoms with Crippen LogP contribution < -0.4 is 10.6 Å². The van der Waals surface area contributed by atoms with Gasteiger partial charge in [-0.25, -0.2) is 9.78 Å². The van der Waals surface area contributed by atoms with Gasteiger partial charge in [0.25, 0.3) is 0 Å². The molecule has 0 aliphatic carbocycles. The molecule has 0 saturated carbocycles. The lowest BCUT2D eigenvalue weighted by Gasteiger charge is -2.13. The number of aromatic nitrogens is 1. The molecule has 0 unspecified atom stereocenters. The maximum Gasteiger partial charge on any atom is 0.319 e. The molecule has 0 spiro atoms. The first-order valence-corrected chi connectivity index (χ1v) is 4.39. The van der Waals surface area contributed by atoms with E-state index in [1.165, 1.54) is 11.3 Å². The largest absolute Gasteiger partial charge is 0.334 e. The molecule has 0 bridgehead atoms. The third-order valence-electron chi connectivity index (χ3n) is 1.48. The van der Waals surface area contributed by atoms with Crippen LogP contribution in [0, 0.1) is 0 Å². The standard InChI is InChI=1S/C7H7N3OS/c11-7-9-2-1-5(10-7)6-8-3-4-12-6/h1,3-4H,2H2,(H2,9,10,11). The molecule has 1 aliphatic heterocycles. The SMILES string of the molecule is O=C1NCC=C(c2nccs2)N1. The monoisotopic (exact) mass is 181 g/mol. The highest BCUT2D eigenvalue weighted by atomic mass is 32.1. The van der Waals surface area contributed by atoms with Gasteiger partial charge in [0.15, 0.2) is 0 Å². The molecule has 2 rings (SSSR count). The van der Waals surface area contributed by atoms with E-state index in [4.69, 9.17) is 0 Å². The molecule has 12 heavy (non-hydrogen) atoms. The van der Waals surface area contributed by atoms with Crippen molar-refractivity contribution < 1.29 is 4.79 Å². The Labute approximate surface area is 73.3 Å². The molecule has 2 N–H and O–H groups in total. The van der Waals surface area contributed by atoms with E-state index in [1.807, 2.05) is 11.5 Å². The topological polar surface area (TPSA) is 54.0 Å². The molecule has 1 aromatic heterocycles. The third-order valence-corrected chi connectivity index (χ3v) is 2.29. The number of rotatable bonds is 1. The van der Waals surface area contributed by atoms with Gasteiger partial charge < -0.3 is 10.6 Å². The minimum atomic E-state index is -0.164. The van der Waals surface area contributed by atoms with E-state index >= 15 is 0 Å². The van der Waals surface area contributed by atoms with E-state index in [-0.39, 0.29) is 6.03 Å². The number of nitrogens with zero attached hydrogens (tertiary/aromatic N) is 1. The summed E-state index contributed by atoms with van der Waals surface area (Å²) in [6, 6.07) is -0.164. The van der Waals surface area contributed by atoms with Crippen molar-refractivity contribution in [1.29, 1.82) is 0 Å². The van der Waals surface area contributed by atoms with Crippen LogP contribution in [0.3, 0.4) is 0 Å². The number of carbonyl (C=O) groups excluding carboxylic acids is 1. The Morgan fingerprint density at radius 3 is 3.17 bits per heavy atom. The average Bonchev–Trinajstić information content (AvgIpc) is 2.56. The van der Waals surface area contributed by atoms with Gasteiger partial charge in [0.2, 0.25) is 0 Å². The van der Waals surface area contributed by atoms with Gasteiger partial charge in [-0.2, -0.15) is 0 Å². The molecule has 1 aliphatic rings. The predicted octanol–water partition coefficient (Wildman–Crippen LogP) is 0.797. The maximum atomic E-state index is 10.9. The Morgan fingerprint density at radius 2 is 2.50 bits per heavy atom. The highest BCUT2D eigenvalue weighted by Crippen LogP contribution is 2.14. The highest BCUT2D eigenvalue weighted by molar-refractivity contribution is 7.10. The summed E-state index contributed by atoms with van der Waals surface area (Å²) >= 11 is 1.51. The number of carbonyl (C=O) groups is 1. The number of nitrogens with one attached hydrogen (secondary N) is 2. The maximum absolute atomic E-state index is 10.9. The number of thiazole rings is 1. The zero-order valence-corrected chi connectivity index (χ0v) is 7.02. The van der Waals surface area contributed by atoms with Gasteiger partial charge in [-0.3, -0.25) is 0 Å². The van der Waals surface area contributed by atoms with E-state index in [1.54, 1.807) is 6.20 Å². The molecule has 4 nitrogen and oxygen atoms in total. The molecular weight excluding hydrogens is 174 g/mol. The highest BCUT2D eigenvalue weighted by Gasteiger charge is 2.11. The average molecular weight is 181 g/mol. The summed E-state index contributed by atoms with van der Waals surface area (Å²) in [5.41, 5.74) is 0.800. The number of hydrogen-bond donors (Lipinski definition) is 2. The van der Waals surface area contributed by atoms with Crippen LogP contribution in [0.2, 0.25) is 0 Å². The van der Waals surface area contributed by atoms with Crippen molar-refractivity contribution in [1.82, 2.24) is 15.6 Å². The summed E-state index contributed by atoms with van der Waals surface area (Å²) < 4.78 is 0. The smallest absolute Gasteiger partial charge is 0.319 e. The van der Waals surface area contributed by atoms with Gasteiger partial charge in [-0.05, 0) is 6.08 Å². The minimum Gasteiger partial charge on any atom is -0.334 e. The molecule has 5 heteroatoms. The van der Waals surface area contributed by atoms with Gasteiger partial charge in [0, 0.05) is 18.1 Å². The second-order valence-corrected chi connectivity index (χ2v) is 3.18. The van der Waals surface area contributed by atoms with E-state index < -0.39 is 0 Å². The Morgan fingerprint density at radius 1 is 1.58 bits per heavy atom. The van der Waals surface area contributed by atoms with Crippen LogP contribution >= 0.6 is 11.3 Å². The first-order chi connectivity index (χ1) is 5.86. The lowest BCUT2D eigenvalue weighted by atomic mass is 10.3. The summed E-state index contributed by atoms with van der Waals surface area (Å²) in [6.45, 7) is 0.570. The summed E-state index contributed by atoms with van der Waals surface area (Å²) in [6.07, 6.45) is 3.62. The van der Waals surface area contributed by atoms with Crippen molar-refractivity contribution in [3.8, 4) is 0 Å². The lowest BCUT2D eigenvalue weighted by molar-refractivity contribution is 0.245. The van der Waals surface area contributed by atoms with E-state index in [0.29, 0.717) is 6.54 Å². The molecule has 1 aromatic rings. The number of urea groups is 1. The first-order valence-electron chi connectivity index (χ1n) is 3.51. The molecular formula is C7H7N3OS. The predicted molar refractivity (Wildman–Crippen MR) is 46.6 cm³/mol. The summed E-state index contributed by atoms with van der Waals surface area (Å²) in [7, 11) is 0. The van der Waals surface area contributed by atoms with Crippen molar-refractivity contribution >= 4 is 23.1 Å². The fourth-order valence-electron chi connectivity index (χ4n) is 0.961. The summed E-state index contributed by atoms with van der Waals surface area (Å²) in [5, 5.41) is 8.03. The van der Waals surface area contributed by atoms with Gasteiger partial charge in [-0.15, -0.1) is 11.3 Å². The molecule has 0 saturated heterocycles. The van der Waals surface area contributed by atoms with Gasteiger partial charge >= 0.3 is 6.03 Å². The van der Waals surface area contributed by atoms with Crippen molar-refractivity contribution in [3.05, 3.63) is 22.7 Å². The Kier molecular flexibility index (Phi) is 1.79. The molecule has 0 atom stereocenters. The summed E-state index contributed by atoms with van der Waals surface area (Å²) in [5.74, 6) is 0. The Bertz CT molecular complexity index is 317. The Balaban J connectivity index is 2.24. The van der Waals surface area contributed by atoms with Gasteiger partial charge in [0.1, 0.15) is 5.01 Å². The third kappa shape index (κ3) is 1.31. The van der Waals surface area contributed by atoms with Crippen LogP contribution in [0.1, 0.15) is 5.01 Å². The fraction of sp³-hybridized carbons (Fsp3) is 0.143. The summed E-state index contributed by atoms with van der Waals surface area (Å²) in [4.78, 5) is 15.0.